The number of rotatable bonds is 5. The highest BCUT2D eigenvalue weighted by Gasteiger charge is 2.44. The number of aryl methyl sites for hydroxylation is 1. The van der Waals surface area contributed by atoms with Crippen LogP contribution in [0, 0.1) is 0 Å². The van der Waals surface area contributed by atoms with E-state index in [0.717, 1.165) is 29.6 Å². The van der Waals surface area contributed by atoms with Gasteiger partial charge in [0, 0.05) is 18.5 Å². The van der Waals surface area contributed by atoms with E-state index in [9.17, 15) is 9.90 Å². The van der Waals surface area contributed by atoms with Gasteiger partial charge in [-0.3, -0.25) is 14.8 Å². The normalized spacial score (nSPS) is 17.1. The highest BCUT2D eigenvalue weighted by Crippen LogP contribution is 2.32. The summed E-state index contributed by atoms with van der Waals surface area (Å²) in [7, 11) is 0. The molecule has 0 unspecified atom stereocenters. The first-order valence-corrected chi connectivity index (χ1v) is 7.09. The van der Waals surface area contributed by atoms with Gasteiger partial charge < -0.3 is 5.11 Å². The van der Waals surface area contributed by atoms with Crippen molar-refractivity contribution in [3.63, 3.8) is 0 Å². The lowest BCUT2D eigenvalue weighted by Crippen LogP contribution is -2.56. The third-order valence-corrected chi connectivity index (χ3v) is 4.24. The number of nitrogens with one attached hydrogen (secondary N) is 1. The molecule has 2 aromatic rings. The second-order valence-corrected chi connectivity index (χ2v) is 5.37. The third kappa shape index (κ3) is 1.98. The van der Waals surface area contributed by atoms with E-state index in [1.807, 2.05) is 28.9 Å². The number of para-hydroxylation sites is 1. The molecule has 106 valence electrons. The van der Waals surface area contributed by atoms with Crippen molar-refractivity contribution in [1.82, 2.24) is 15.1 Å². The zero-order valence-electron chi connectivity index (χ0n) is 11.6. The number of hydrogen-bond acceptors (Lipinski definition) is 3. The van der Waals surface area contributed by atoms with Gasteiger partial charge in [0.05, 0.1) is 11.2 Å². The van der Waals surface area contributed by atoms with E-state index in [0.29, 0.717) is 19.4 Å². The largest absolute Gasteiger partial charge is 0.480 e. The molecule has 0 amide bonds. The van der Waals surface area contributed by atoms with Crippen LogP contribution in [-0.4, -0.2) is 26.4 Å². The van der Waals surface area contributed by atoms with Crippen LogP contribution in [-0.2, 0) is 17.9 Å². The molecule has 2 N–H and O–H groups in total. The van der Waals surface area contributed by atoms with E-state index in [4.69, 9.17) is 0 Å². The van der Waals surface area contributed by atoms with Gasteiger partial charge in [-0.25, -0.2) is 0 Å². The number of carboxylic acid groups (broad SMARTS) is 1. The highest BCUT2D eigenvalue weighted by atomic mass is 16.4. The first-order chi connectivity index (χ1) is 9.66. The van der Waals surface area contributed by atoms with Gasteiger partial charge in [0.2, 0.25) is 0 Å². The van der Waals surface area contributed by atoms with Gasteiger partial charge in [-0.2, -0.15) is 5.10 Å². The summed E-state index contributed by atoms with van der Waals surface area (Å²) in [6.07, 6.45) is 2.38. The van der Waals surface area contributed by atoms with Crippen molar-refractivity contribution >= 4 is 16.9 Å². The Morgan fingerprint density at radius 3 is 2.80 bits per heavy atom. The molecule has 0 aliphatic heterocycles. The van der Waals surface area contributed by atoms with Crippen LogP contribution in [0.2, 0.25) is 0 Å². The number of carbonyl (C=O) groups is 1. The van der Waals surface area contributed by atoms with Crippen molar-refractivity contribution in [2.75, 3.05) is 0 Å². The van der Waals surface area contributed by atoms with Crippen molar-refractivity contribution in [3.05, 3.63) is 30.0 Å². The standard InChI is InChI=1S/C15H19N3O2/c1-2-18-13-7-4-3-6-11(13)12(17-18)10-16-15(14(19)20)8-5-9-15/h3-4,6-7,16H,2,5,8-10H2,1H3,(H,19,20). The minimum atomic E-state index is -0.747. The Labute approximate surface area is 117 Å². The van der Waals surface area contributed by atoms with Crippen LogP contribution in [0.3, 0.4) is 0 Å². The Hall–Kier alpha value is -1.88. The van der Waals surface area contributed by atoms with E-state index in [1.165, 1.54) is 0 Å². The van der Waals surface area contributed by atoms with Gasteiger partial charge in [-0.1, -0.05) is 18.2 Å². The summed E-state index contributed by atoms with van der Waals surface area (Å²) in [6, 6.07) is 8.08. The summed E-state index contributed by atoms with van der Waals surface area (Å²) in [5.74, 6) is -0.747. The fourth-order valence-corrected chi connectivity index (χ4v) is 2.82. The molecule has 0 atom stereocenters. The Balaban J connectivity index is 1.86. The van der Waals surface area contributed by atoms with Gasteiger partial charge >= 0.3 is 5.97 Å². The van der Waals surface area contributed by atoms with Crippen molar-refractivity contribution < 1.29 is 9.90 Å². The van der Waals surface area contributed by atoms with E-state index in [1.54, 1.807) is 0 Å². The fraction of sp³-hybridized carbons (Fsp3) is 0.467. The molecule has 1 aromatic heterocycles. The number of aromatic nitrogens is 2. The lowest BCUT2D eigenvalue weighted by molar-refractivity contribution is -0.148. The van der Waals surface area contributed by atoms with Crippen LogP contribution >= 0.6 is 0 Å². The number of carboxylic acids is 1. The second kappa shape index (κ2) is 4.90. The molecule has 0 spiro atoms. The summed E-state index contributed by atoms with van der Waals surface area (Å²) in [5.41, 5.74) is 1.29. The Morgan fingerprint density at radius 2 is 2.20 bits per heavy atom. The lowest BCUT2D eigenvalue weighted by atomic mass is 9.77. The molecule has 20 heavy (non-hydrogen) atoms. The van der Waals surface area contributed by atoms with Gasteiger partial charge in [-0.05, 0) is 32.3 Å². The smallest absolute Gasteiger partial charge is 0.323 e. The van der Waals surface area contributed by atoms with Crippen molar-refractivity contribution in [2.45, 2.75) is 44.8 Å². The predicted octanol–water partition coefficient (Wildman–Crippen LogP) is 2.15. The third-order valence-electron chi connectivity index (χ3n) is 4.24. The minimum absolute atomic E-state index is 0.500. The lowest BCUT2D eigenvalue weighted by Gasteiger charge is -2.38. The van der Waals surface area contributed by atoms with Crippen LogP contribution in [0.5, 0.6) is 0 Å². The van der Waals surface area contributed by atoms with Crippen LogP contribution in [0.25, 0.3) is 10.9 Å². The molecule has 3 rings (SSSR count). The molecule has 0 bridgehead atoms. The van der Waals surface area contributed by atoms with Crippen molar-refractivity contribution in [3.8, 4) is 0 Å². The fourth-order valence-electron chi connectivity index (χ4n) is 2.82. The average Bonchev–Trinajstić information content (AvgIpc) is 2.76. The SMILES string of the molecule is CCn1nc(CNC2(C(=O)O)CCC2)c2ccccc21. The van der Waals surface area contributed by atoms with Crippen molar-refractivity contribution in [2.24, 2.45) is 0 Å². The molecule has 1 heterocycles. The quantitative estimate of drug-likeness (QED) is 0.876. The molecule has 5 heteroatoms. The Kier molecular flexibility index (Phi) is 3.22. The van der Waals surface area contributed by atoms with Crippen LogP contribution in [0.15, 0.2) is 24.3 Å². The molecule has 5 nitrogen and oxygen atoms in total. The zero-order chi connectivity index (χ0) is 14.2. The molecule has 1 aliphatic carbocycles. The van der Waals surface area contributed by atoms with E-state index in [2.05, 4.69) is 17.3 Å². The Bertz CT molecular complexity index is 644. The van der Waals surface area contributed by atoms with Crippen LogP contribution in [0.1, 0.15) is 31.9 Å². The summed E-state index contributed by atoms with van der Waals surface area (Å²) in [5, 5.41) is 18.2. The molecule has 0 radical (unpaired) electrons. The topological polar surface area (TPSA) is 67.2 Å². The zero-order valence-corrected chi connectivity index (χ0v) is 11.6. The summed E-state index contributed by atoms with van der Waals surface area (Å²) in [6.45, 7) is 3.37. The monoisotopic (exact) mass is 273 g/mol. The van der Waals surface area contributed by atoms with Gasteiger partial charge in [0.15, 0.2) is 0 Å². The number of fused-ring (bicyclic) bond motifs is 1. The van der Waals surface area contributed by atoms with Gasteiger partial charge in [0.1, 0.15) is 5.54 Å². The second-order valence-electron chi connectivity index (χ2n) is 5.37. The molecule has 1 aromatic carbocycles. The summed E-state index contributed by atoms with van der Waals surface area (Å²) in [4.78, 5) is 11.4. The molecule has 0 saturated heterocycles. The van der Waals surface area contributed by atoms with E-state index in [-0.39, 0.29) is 0 Å². The number of nitrogens with zero attached hydrogens (tertiary/aromatic N) is 2. The molecular weight excluding hydrogens is 254 g/mol. The maximum atomic E-state index is 11.4. The maximum Gasteiger partial charge on any atom is 0.323 e. The number of hydrogen-bond donors (Lipinski definition) is 2. The van der Waals surface area contributed by atoms with Crippen molar-refractivity contribution in [1.29, 1.82) is 0 Å². The van der Waals surface area contributed by atoms with E-state index < -0.39 is 11.5 Å². The molecule has 1 fully saturated rings. The Morgan fingerprint density at radius 1 is 1.45 bits per heavy atom. The summed E-state index contributed by atoms with van der Waals surface area (Å²) >= 11 is 0. The first-order valence-electron chi connectivity index (χ1n) is 7.09. The van der Waals surface area contributed by atoms with Gasteiger partial charge in [0.25, 0.3) is 0 Å². The molecular formula is C15H19N3O2. The first kappa shape index (κ1) is 13.1. The minimum Gasteiger partial charge on any atom is -0.480 e. The predicted molar refractivity (Wildman–Crippen MR) is 76.5 cm³/mol. The molecule has 1 saturated carbocycles. The number of aliphatic carboxylic acids is 1. The van der Waals surface area contributed by atoms with Crippen LogP contribution in [0.4, 0.5) is 0 Å². The molecule has 1 aliphatic rings. The van der Waals surface area contributed by atoms with E-state index >= 15 is 0 Å². The highest BCUT2D eigenvalue weighted by molar-refractivity contribution is 5.82. The average molecular weight is 273 g/mol. The maximum absolute atomic E-state index is 11.4. The number of benzene rings is 1. The van der Waals surface area contributed by atoms with Crippen LogP contribution < -0.4 is 5.32 Å². The van der Waals surface area contributed by atoms with Gasteiger partial charge in [-0.15, -0.1) is 0 Å². The summed E-state index contributed by atoms with van der Waals surface area (Å²) < 4.78 is 1.96.